The largest absolute Gasteiger partial charge is 0.352 e. The number of nitro benzene ring substituents is 1. The van der Waals surface area contributed by atoms with Crippen LogP contribution < -0.4 is 5.32 Å². The molecule has 6 nitrogen and oxygen atoms in total. The number of carbonyl (C=O) groups is 1. The van der Waals surface area contributed by atoms with E-state index in [1.54, 1.807) is 41.7 Å². The minimum absolute atomic E-state index is 0.0425. The molecule has 1 N–H and O–H groups in total. The lowest BCUT2D eigenvalue weighted by atomic mass is 10.1. The average molecular weight is 387 g/mol. The summed E-state index contributed by atoms with van der Waals surface area (Å²) in [6.07, 6.45) is 0.702. The number of aromatic nitrogens is 1. The SMILES string of the molecule is Cc1nc(-c2ccc(CCNC(=O)c3ccc(C)c([N+](=O)[O-])c3)s2)cs1. The highest BCUT2D eigenvalue weighted by atomic mass is 32.1. The summed E-state index contributed by atoms with van der Waals surface area (Å²) in [5.74, 6) is -0.306. The third-order valence-electron chi connectivity index (χ3n) is 3.86. The van der Waals surface area contributed by atoms with E-state index in [-0.39, 0.29) is 11.6 Å². The van der Waals surface area contributed by atoms with Gasteiger partial charge in [0.1, 0.15) is 0 Å². The third-order valence-corrected chi connectivity index (χ3v) is 5.80. The summed E-state index contributed by atoms with van der Waals surface area (Å²) in [6.45, 7) is 4.10. The summed E-state index contributed by atoms with van der Waals surface area (Å²) >= 11 is 3.28. The highest BCUT2D eigenvalue weighted by Gasteiger charge is 2.15. The Morgan fingerprint density at radius 3 is 2.77 bits per heavy atom. The number of rotatable bonds is 6. The van der Waals surface area contributed by atoms with Gasteiger partial charge in [0.25, 0.3) is 11.6 Å². The van der Waals surface area contributed by atoms with Crippen LogP contribution in [0.15, 0.2) is 35.7 Å². The summed E-state index contributed by atoms with van der Waals surface area (Å²) in [5.41, 5.74) is 1.78. The van der Waals surface area contributed by atoms with Crippen LogP contribution >= 0.6 is 22.7 Å². The molecule has 26 heavy (non-hydrogen) atoms. The van der Waals surface area contributed by atoms with E-state index in [4.69, 9.17) is 0 Å². The Labute approximate surface area is 158 Å². The molecule has 3 aromatic rings. The molecule has 0 radical (unpaired) electrons. The first kappa shape index (κ1) is 18.2. The van der Waals surface area contributed by atoms with E-state index >= 15 is 0 Å². The van der Waals surface area contributed by atoms with Crippen LogP contribution in [0.3, 0.4) is 0 Å². The number of carbonyl (C=O) groups excluding carboxylic acids is 1. The van der Waals surface area contributed by atoms with Crippen molar-refractivity contribution in [3.05, 3.63) is 66.8 Å². The number of aryl methyl sites for hydroxylation is 2. The van der Waals surface area contributed by atoms with E-state index in [2.05, 4.69) is 10.3 Å². The van der Waals surface area contributed by atoms with Crippen LogP contribution in [0.1, 0.15) is 25.8 Å². The number of benzene rings is 1. The van der Waals surface area contributed by atoms with Gasteiger partial charge in [0, 0.05) is 34.0 Å². The lowest BCUT2D eigenvalue weighted by molar-refractivity contribution is -0.385. The van der Waals surface area contributed by atoms with Gasteiger partial charge in [-0.1, -0.05) is 6.07 Å². The molecule has 0 aliphatic rings. The van der Waals surface area contributed by atoms with Gasteiger partial charge in [-0.15, -0.1) is 22.7 Å². The first-order chi connectivity index (χ1) is 12.4. The molecule has 0 bridgehead atoms. The second kappa shape index (κ2) is 7.76. The molecule has 0 aliphatic carbocycles. The number of nitro groups is 1. The highest BCUT2D eigenvalue weighted by Crippen LogP contribution is 2.29. The highest BCUT2D eigenvalue weighted by molar-refractivity contribution is 7.16. The first-order valence-electron chi connectivity index (χ1n) is 7.98. The van der Waals surface area contributed by atoms with E-state index in [1.165, 1.54) is 6.07 Å². The number of thiazole rings is 1. The van der Waals surface area contributed by atoms with Gasteiger partial charge in [0.2, 0.25) is 0 Å². The first-order valence-corrected chi connectivity index (χ1v) is 9.68. The molecule has 0 saturated heterocycles. The number of amides is 1. The van der Waals surface area contributed by atoms with Crippen molar-refractivity contribution >= 4 is 34.3 Å². The molecule has 8 heteroatoms. The Morgan fingerprint density at radius 2 is 2.08 bits per heavy atom. The van der Waals surface area contributed by atoms with Crippen molar-refractivity contribution in [2.45, 2.75) is 20.3 Å². The van der Waals surface area contributed by atoms with Gasteiger partial charge >= 0.3 is 0 Å². The molecule has 3 rings (SSSR count). The molecule has 1 amide bonds. The van der Waals surface area contributed by atoms with Gasteiger partial charge in [-0.25, -0.2) is 4.98 Å². The Kier molecular flexibility index (Phi) is 5.43. The summed E-state index contributed by atoms with van der Waals surface area (Å²) < 4.78 is 0. The molecular formula is C18H17N3O3S2. The number of hydrogen-bond acceptors (Lipinski definition) is 6. The monoisotopic (exact) mass is 387 g/mol. The quantitative estimate of drug-likeness (QED) is 0.503. The zero-order chi connectivity index (χ0) is 18.7. The lowest BCUT2D eigenvalue weighted by Gasteiger charge is -2.05. The maximum atomic E-state index is 12.2. The third kappa shape index (κ3) is 4.14. The standard InChI is InChI=1S/C18H17N3O3S2/c1-11-3-4-13(9-16(11)21(23)24)18(22)19-8-7-14-5-6-17(26-14)15-10-25-12(2)20-15/h3-6,9-10H,7-8H2,1-2H3,(H,19,22). The van der Waals surface area contributed by atoms with Crippen LogP contribution in [-0.4, -0.2) is 22.4 Å². The maximum Gasteiger partial charge on any atom is 0.273 e. The van der Waals surface area contributed by atoms with Crippen LogP contribution in [0.25, 0.3) is 10.6 Å². The molecule has 0 unspecified atom stereocenters. The fraction of sp³-hybridized carbons (Fsp3) is 0.222. The zero-order valence-corrected chi connectivity index (χ0v) is 15.9. The summed E-state index contributed by atoms with van der Waals surface area (Å²) in [5, 5.41) is 16.9. The maximum absolute atomic E-state index is 12.2. The molecule has 134 valence electrons. The molecule has 0 spiro atoms. The van der Waals surface area contributed by atoms with E-state index in [9.17, 15) is 14.9 Å². The van der Waals surface area contributed by atoms with E-state index in [0.29, 0.717) is 24.1 Å². The molecule has 2 aromatic heterocycles. The van der Waals surface area contributed by atoms with Crippen molar-refractivity contribution < 1.29 is 9.72 Å². The number of hydrogen-bond donors (Lipinski definition) is 1. The fourth-order valence-corrected chi connectivity index (χ4v) is 4.13. The summed E-state index contributed by atoms with van der Waals surface area (Å²) in [4.78, 5) is 29.5. The summed E-state index contributed by atoms with van der Waals surface area (Å²) in [6, 6.07) is 8.59. The lowest BCUT2D eigenvalue weighted by Crippen LogP contribution is -2.25. The van der Waals surface area contributed by atoms with Gasteiger partial charge in [0.15, 0.2) is 0 Å². The molecule has 0 saturated carbocycles. The molecule has 0 aliphatic heterocycles. The minimum Gasteiger partial charge on any atom is -0.352 e. The van der Waals surface area contributed by atoms with Crippen molar-refractivity contribution in [1.82, 2.24) is 10.3 Å². The van der Waals surface area contributed by atoms with Crippen LogP contribution in [0, 0.1) is 24.0 Å². The van der Waals surface area contributed by atoms with Crippen molar-refractivity contribution in [2.75, 3.05) is 6.54 Å². The number of thiophene rings is 1. The van der Waals surface area contributed by atoms with Gasteiger partial charge in [0.05, 0.1) is 20.5 Å². The Bertz CT molecular complexity index is 962. The predicted molar refractivity (Wildman–Crippen MR) is 104 cm³/mol. The van der Waals surface area contributed by atoms with Crippen molar-refractivity contribution in [3.8, 4) is 10.6 Å². The fourth-order valence-electron chi connectivity index (χ4n) is 2.48. The number of nitrogens with zero attached hydrogens (tertiary/aromatic N) is 2. The van der Waals surface area contributed by atoms with Crippen LogP contribution in [-0.2, 0) is 6.42 Å². The molecular weight excluding hydrogens is 370 g/mol. The van der Waals surface area contributed by atoms with Crippen LogP contribution in [0.2, 0.25) is 0 Å². The second-order valence-electron chi connectivity index (χ2n) is 5.78. The smallest absolute Gasteiger partial charge is 0.273 e. The molecule has 2 heterocycles. The Hall–Kier alpha value is -2.58. The van der Waals surface area contributed by atoms with Gasteiger partial charge in [-0.05, 0) is 38.5 Å². The molecule has 0 atom stereocenters. The average Bonchev–Trinajstić information content (AvgIpc) is 3.23. The van der Waals surface area contributed by atoms with Crippen molar-refractivity contribution in [2.24, 2.45) is 0 Å². The molecule has 1 aromatic carbocycles. The number of nitrogens with one attached hydrogen (secondary N) is 1. The Morgan fingerprint density at radius 1 is 1.27 bits per heavy atom. The normalized spacial score (nSPS) is 10.7. The van der Waals surface area contributed by atoms with E-state index in [1.807, 2.05) is 24.4 Å². The van der Waals surface area contributed by atoms with Gasteiger partial charge in [-0.3, -0.25) is 14.9 Å². The van der Waals surface area contributed by atoms with Crippen LogP contribution in [0.4, 0.5) is 5.69 Å². The van der Waals surface area contributed by atoms with E-state index in [0.717, 1.165) is 20.5 Å². The van der Waals surface area contributed by atoms with E-state index < -0.39 is 4.92 Å². The summed E-state index contributed by atoms with van der Waals surface area (Å²) in [7, 11) is 0. The van der Waals surface area contributed by atoms with Crippen LogP contribution in [0.5, 0.6) is 0 Å². The predicted octanol–water partition coefficient (Wildman–Crippen LogP) is 4.37. The van der Waals surface area contributed by atoms with Gasteiger partial charge in [-0.2, -0.15) is 0 Å². The van der Waals surface area contributed by atoms with Gasteiger partial charge < -0.3 is 5.32 Å². The topological polar surface area (TPSA) is 85.1 Å². The van der Waals surface area contributed by atoms with Crippen molar-refractivity contribution in [1.29, 1.82) is 0 Å². The second-order valence-corrected chi connectivity index (χ2v) is 8.01. The minimum atomic E-state index is -0.473. The van der Waals surface area contributed by atoms with Crippen molar-refractivity contribution in [3.63, 3.8) is 0 Å². The molecule has 0 fully saturated rings. The zero-order valence-electron chi connectivity index (χ0n) is 14.3. The Balaban J connectivity index is 1.58.